The third-order valence-corrected chi connectivity index (χ3v) is 3.58. The molecule has 1 amide bonds. The second kappa shape index (κ2) is 4.43. The number of benzene rings is 1. The quantitative estimate of drug-likeness (QED) is 0.782. The monoisotopic (exact) mass is 277 g/mol. The Morgan fingerprint density at radius 1 is 1.47 bits per heavy atom. The van der Waals surface area contributed by atoms with E-state index in [2.05, 4.69) is 15.5 Å². The third-order valence-electron chi connectivity index (χ3n) is 2.48. The molecule has 1 aromatic carbocycles. The average Bonchev–Trinajstić information content (AvgIpc) is 2.96. The van der Waals surface area contributed by atoms with Crippen molar-refractivity contribution in [2.75, 3.05) is 5.32 Å². The summed E-state index contributed by atoms with van der Waals surface area (Å²) < 4.78 is 19.0. The maximum atomic E-state index is 13.5. The highest BCUT2D eigenvalue weighted by Gasteiger charge is 2.14. The zero-order valence-electron chi connectivity index (χ0n) is 9.81. The molecule has 2 aromatic heterocycles. The Kier molecular flexibility index (Phi) is 2.75. The van der Waals surface area contributed by atoms with Gasteiger partial charge < -0.3 is 4.52 Å². The number of thiophene rings is 1. The maximum Gasteiger partial charge on any atom is 0.328 e. The summed E-state index contributed by atoms with van der Waals surface area (Å²) >= 11 is 1.20. The predicted octanol–water partition coefficient (Wildman–Crippen LogP) is 2.98. The van der Waals surface area contributed by atoms with E-state index in [1.54, 1.807) is 19.1 Å². The van der Waals surface area contributed by atoms with Crippen molar-refractivity contribution in [1.29, 1.82) is 0 Å². The summed E-state index contributed by atoms with van der Waals surface area (Å²) in [6, 6.07) is 6.26. The van der Waals surface area contributed by atoms with Crippen LogP contribution in [0.15, 0.2) is 28.8 Å². The molecule has 3 rings (SSSR count). The van der Waals surface area contributed by atoms with Crippen LogP contribution in [-0.2, 0) is 0 Å². The van der Waals surface area contributed by atoms with Gasteiger partial charge in [-0.2, -0.15) is 4.98 Å². The molecular weight excluding hydrogens is 269 g/mol. The zero-order valence-corrected chi connectivity index (χ0v) is 10.6. The van der Waals surface area contributed by atoms with Crippen molar-refractivity contribution in [1.82, 2.24) is 10.1 Å². The molecule has 0 aliphatic carbocycles. The first-order valence-corrected chi connectivity index (χ1v) is 6.25. The van der Waals surface area contributed by atoms with E-state index >= 15 is 0 Å². The highest BCUT2D eigenvalue weighted by molar-refractivity contribution is 7.20. The maximum absolute atomic E-state index is 13.5. The van der Waals surface area contributed by atoms with Crippen molar-refractivity contribution < 1.29 is 13.7 Å². The lowest BCUT2D eigenvalue weighted by molar-refractivity contribution is 0.102. The van der Waals surface area contributed by atoms with Gasteiger partial charge in [-0.15, -0.1) is 11.3 Å². The fraction of sp³-hybridized carbons (Fsp3) is 0.0833. The fourth-order valence-corrected chi connectivity index (χ4v) is 2.61. The lowest BCUT2D eigenvalue weighted by Gasteiger charge is -1.94. The van der Waals surface area contributed by atoms with Gasteiger partial charge in [-0.25, -0.2) is 4.39 Å². The third kappa shape index (κ3) is 2.19. The predicted molar refractivity (Wildman–Crippen MR) is 68.8 cm³/mol. The molecule has 0 saturated carbocycles. The van der Waals surface area contributed by atoms with Crippen LogP contribution in [0.25, 0.3) is 10.1 Å². The van der Waals surface area contributed by atoms with E-state index < -0.39 is 5.91 Å². The number of halogens is 1. The van der Waals surface area contributed by atoms with Crippen molar-refractivity contribution in [2.24, 2.45) is 0 Å². The minimum Gasteiger partial charge on any atom is -0.315 e. The number of anilines is 1. The molecule has 1 N–H and O–H groups in total. The highest BCUT2D eigenvalue weighted by atomic mass is 32.1. The van der Waals surface area contributed by atoms with Crippen molar-refractivity contribution in [3.05, 3.63) is 40.8 Å². The molecule has 0 atom stereocenters. The molecule has 0 aliphatic heterocycles. The number of carbonyl (C=O) groups is 1. The van der Waals surface area contributed by atoms with E-state index in [9.17, 15) is 9.18 Å². The number of carbonyl (C=O) groups excluding carboxylic acids is 1. The van der Waals surface area contributed by atoms with Gasteiger partial charge in [0.25, 0.3) is 5.91 Å². The molecule has 0 saturated heterocycles. The number of amides is 1. The second-order valence-electron chi connectivity index (χ2n) is 3.86. The number of aromatic nitrogens is 2. The molecule has 3 aromatic rings. The molecule has 0 bridgehead atoms. The van der Waals surface area contributed by atoms with Crippen LogP contribution in [0, 0.1) is 12.7 Å². The van der Waals surface area contributed by atoms with E-state index in [1.807, 2.05) is 0 Å². The minimum absolute atomic E-state index is 0.0282. The van der Waals surface area contributed by atoms with Crippen molar-refractivity contribution in [2.45, 2.75) is 6.92 Å². The van der Waals surface area contributed by atoms with Gasteiger partial charge in [-0.1, -0.05) is 11.2 Å². The van der Waals surface area contributed by atoms with E-state index in [0.29, 0.717) is 20.8 Å². The summed E-state index contributed by atoms with van der Waals surface area (Å²) in [5.74, 6) is -0.316. The fourth-order valence-electron chi connectivity index (χ4n) is 1.64. The smallest absolute Gasteiger partial charge is 0.315 e. The number of fused-ring (bicyclic) bond motifs is 1. The van der Waals surface area contributed by atoms with Gasteiger partial charge in [0, 0.05) is 10.1 Å². The van der Waals surface area contributed by atoms with E-state index in [1.165, 1.54) is 23.5 Å². The van der Waals surface area contributed by atoms with Gasteiger partial charge in [0.1, 0.15) is 5.82 Å². The molecular formula is C12H8FN3O2S. The molecule has 0 spiro atoms. The zero-order chi connectivity index (χ0) is 13.4. The number of aryl methyl sites for hydroxylation is 1. The number of rotatable bonds is 2. The van der Waals surface area contributed by atoms with Gasteiger partial charge in [0.05, 0.1) is 4.88 Å². The van der Waals surface area contributed by atoms with Gasteiger partial charge >= 0.3 is 6.01 Å². The van der Waals surface area contributed by atoms with Crippen LogP contribution >= 0.6 is 11.3 Å². The first kappa shape index (κ1) is 11.8. The molecule has 19 heavy (non-hydrogen) atoms. The Bertz CT molecular complexity index is 765. The molecule has 0 fully saturated rings. The Labute approximate surface area is 111 Å². The lowest BCUT2D eigenvalue weighted by Crippen LogP contribution is -2.10. The lowest BCUT2D eigenvalue weighted by atomic mass is 10.2. The standard InChI is InChI=1S/C12H8FN3O2S/c1-6-14-12(18-16-6)15-11(17)10-5-7-8(13)3-2-4-9(7)19-10/h2-5H,1H3,(H,14,15,16,17). The topological polar surface area (TPSA) is 68.0 Å². The molecule has 5 nitrogen and oxygen atoms in total. The highest BCUT2D eigenvalue weighted by Crippen LogP contribution is 2.28. The van der Waals surface area contributed by atoms with Crippen LogP contribution in [0.2, 0.25) is 0 Å². The van der Waals surface area contributed by atoms with E-state index in [4.69, 9.17) is 4.52 Å². The second-order valence-corrected chi connectivity index (χ2v) is 4.95. The molecule has 0 radical (unpaired) electrons. The minimum atomic E-state index is -0.399. The Morgan fingerprint density at radius 3 is 3.00 bits per heavy atom. The van der Waals surface area contributed by atoms with Crippen LogP contribution in [0.1, 0.15) is 15.5 Å². The number of nitrogens with one attached hydrogen (secondary N) is 1. The Balaban J connectivity index is 1.91. The van der Waals surface area contributed by atoms with Gasteiger partial charge in [0.15, 0.2) is 5.82 Å². The Hall–Kier alpha value is -2.28. The molecule has 96 valence electrons. The van der Waals surface area contributed by atoms with Crippen molar-refractivity contribution in [3.8, 4) is 0 Å². The van der Waals surface area contributed by atoms with E-state index in [0.717, 1.165) is 0 Å². The normalized spacial score (nSPS) is 10.8. The number of hydrogen-bond donors (Lipinski definition) is 1. The summed E-state index contributed by atoms with van der Waals surface area (Å²) in [5, 5.41) is 6.46. The SMILES string of the molecule is Cc1noc(NC(=O)c2cc3c(F)cccc3s2)n1. The van der Waals surface area contributed by atoms with Gasteiger partial charge in [0.2, 0.25) is 0 Å². The summed E-state index contributed by atoms with van der Waals surface area (Å²) in [6.07, 6.45) is 0. The van der Waals surface area contributed by atoms with E-state index in [-0.39, 0.29) is 11.8 Å². The molecule has 0 unspecified atom stereocenters. The summed E-state index contributed by atoms with van der Waals surface area (Å²) in [7, 11) is 0. The molecule has 0 aliphatic rings. The van der Waals surface area contributed by atoms with Crippen LogP contribution in [-0.4, -0.2) is 16.0 Å². The largest absolute Gasteiger partial charge is 0.328 e. The number of nitrogens with zero attached hydrogens (tertiary/aromatic N) is 2. The average molecular weight is 277 g/mol. The van der Waals surface area contributed by atoms with Crippen LogP contribution in [0.3, 0.4) is 0 Å². The van der Waals surface area contributed by atoms with Crippen molar-refractivity contribution in [3.63, 3.8) is 0 Å². The number of hydrogen-bond acceptors (Lipinski definition) is 5. The summed E-state index contributed by atoms with van der Waals surface area (Å²) in [6.45, 7) is 1.65. The first-order chi connectivity index (χ1) is 9.13. The Morgan fingerprint density at radius 2 is 2.32 bits per heavy atom. The van der Waals surface area contributed by atoms with Gasteiger partial charge in [-0.05, 0) is 25.1 Å². The summed E-state index contributed by atoms with van der Waals surface area (Å²) in [4.78, 5) is 16.2. The van der Waals surface area contributed by atoms with Crippen LogP contribution < -0.4 is 5.32 Å². The molecule has 7 heteroatoms. The summed E-state index contributed by atoms with van der Waals surface area (Å²) in [5.41, 5.74) is 0. The molecule has 2 heterocycles. The van der Waals surface area contributed by atoms with Crippen LogP contribution in [0.5, 0.6) is 0 Å². The van der Waals surface area contributed by atoms with Gasteiger partial charge in [-0.3, -0.25) is 10.1 Å². The first-order valence-electron chi connectivity index (χ1n) is 5.43. The van der Waals surface area contributed by atoms with Crippen molar-refractivity contribution >= 4 is 33.3 Å². The van der Waals surface area contributed by atoms with Crippen LogP contribution in [0.4, 0.5) is 10.4 Å².